The zero-order valence-corrected chi connectivity index (χ0v) is 16.0. The Morgan fingerprint density at radius 1 is 1.30 bits per heavy atom. The predicted octanol–water partition coefficient (Wildman–Crippen LogP) is 5.06. The van der Waals surface area contributed by atoms with Crippen LogP contribution in [0.1, 0.15) is 24.1 Å². The van der Waals surface area contributed by atoms with Crippen LogP contribution in [0, 0.1) is 11.3 Å². The standard InChI is InChI=1S/C21H14BrN3O2/c1-2-18-15(14-5-3-4-6-19(14)27-18)9-12(11-23)20-24-17-8-7-13(22)10-16(17)21(26)25-20/h3-10H,2H2,1H3,(H,24,25,26)/b12-9-. The van der Waals surface area contributed by atoms with E-state index in [1.54, 1.807) is 18.2 Å². The van der Waals surface area contributed by atoms with E-state index in [1.165, 1.54) is 0 Å². The Labute approximate surface area is 163 Å². The van der Waals surface area contributed by atoms with Crippen LogP contribution in [0.2, 0.25) is 0 Å². The molecule has 0 aliphatic rings. The maximum absolute atomic E-state index is 12.4. The first-order valence-electron chi connectivity index (χ1n) is 8.43. The Balaban J connectivity index is 1.93. The number of nitrogens with zero attached hydrogens (tertiary/aromatic N) is 2. The number of nitrogens with one attached hydrogen (secondary N) is 1. The first kappa shape index (κ1) is 17.3. The van der Waals surface area contributed by atoms with Crippen LogP contribution in [-0.2, 0) is 6.42 Å². The highest BCUT2D eigenvalue weighted by Crippen LogP contribution is 2.29. The summed E-state index contributed by atoms with van der Waals surface area (Å²) in [4.78, 5) is 19.6. The summed E-state index contributed by atoms with van der Waals surface area (Å²) in [5.41, 5.74) is 2.13. The van der Waals surface area contributed by atoms with Gasteiger partial charge >= 0.3 is 0 Å². The Hall–Kier alpha value is -3.17. The summed E-state index contributed by atoms with van der Waals surface area (Å²) < 4.78 is 6.68. The van der Waals surface area contributed by atoms with Crippen molar-refractivity contribution in [1.29, 1.82) is 5.26 Å². The Kier molecular flexibility index (Phi) is 4.38. The first-order chi connectivity index (χ1) is 13.1. The van der Waals surface area contributed by atoms with Gasteiger partial charge in [0, 0.05) is 21.8 Å². The molecule has 0 saturated heterocycles. The minimum atomic E-state index is -0.287. The van der Waals surface area contributed by atoms with Gasteiger partial charge in [-0.1, -0.05) is 41.1 Å². The number of halogens is 1. The molecule has 0 radical (unpaired) electrons. The molecule has 0 atom stereocenters. The SMILES string of the molecule is CCc1oc2ccccc2c1/C=C(/C#N)c1nc2ccc(Br)cc2c(=O)[nH]1. The number of benzene rings is 2. The van der Waals surface area contributed by atoms with Crippen molar-refractivity contribution in [3.05, 3.63) is 74.4 Å². The molecule has 0 amide bonds. The summed E-state index contributed by atoms with van der Waals surface area (Å²) in [7, 11) is 0. The van der Waals surface area contributed by atoms with Crippen LogP contribution < -0.4 is 5.56 Å². The first-order valence-corrected chi connectivity index (χ1v) is 9.22. The molecule has 27 heavy (non-hydrogen) atoms. The number of fused-ring (bicyclic) bond motifs is 2. The van der Waals surface area contributed by atoms with Crippen LogP contribution in [0.4, 0.5) is 0 Å². The van der Waals surface area contributed by atoms with E-state index >= 15 is 0 Å². The lowest BCUT2D eigenvalue weighted by Gasteiger charge is -2.03. The normalized spacial score (nSPS) is 11.8. The molecule has 4 rings (SSSR count). The molecule has 0 aliphatic heterocycles. The average molecular weight is 420 g/mol. The molecular weight excluding hydrogens is 406 g/mol. The third kappa shape index (κ3) is 3.07. The minimum Gasteiger partial charge on any atom is -0.460 e. The van der Waals surface area contributed by atoms with E-state index in [9.17, 15) is 10.1 Å². The molecule has 0 aliphatic carbocycles. The van der Waals surface area contributed by atoms with Gasteiger partial charge in [0.15, 0.2) is 5.82 Å². The summed E-state index contributed by atoms with van der Waals surface area (Å²) >= 11 is 3.35. The highest BCUT2D eigenvalue weighted by atomic mass is 79.9. The van der Waals surface area contributed by atoms with Gasteiger partial charge in [-0.25, -0.2) is 4.98 Å². The second-order valence-electron chi connectivity index (χ2n) is 6.03. The third-order valence-corrected chi connectivity index (χ3v) is 4.86. The van der Waals surface area contributed by atoms with Gasteiger partial charge in [0.2, 0.25) is 0 Å². The van der Waals surface area contributed by atoms with E-state index in [-0.39, 0.29) is 17.0 Å². The fourth-order valence-corrected chi connectivity index (χ4v) is 3.43. The summed E-state index contributed by atoms with van der Waals surface area (Å²) in [5.74, 6) is 1.03. The van der Waals surface area contributed by atoms with Gasteiger partial charge in [0.1, 0.15) is 17.4 Å². The fraction of sp³-hybridized carbons (Fsp3) is 0.0952. The number of hydrogen-bond acceptors (Lipinski definition) is 4. The molecule has 6 heteroatoms. The lowest BCUT2D eigenvalue weighted by molar-refractivity contribution is 0.556. The summed E-state index contributed by atoms with van der Waals surface area (Å²) in [6.07, 6.45) is 2.42. The summed E-state index contributed by atoms with van der Waals surface area (Å²) in [6.45, 7) is 2.00. The number of aromatic nitrogens is 2. The number of aryl methyl sites for hydroxylation is 1. The largest absolute Gasteiger partial charge is 0.460 e. The van der Waals surface area contributed by atoms with Crippen molar-refractivity contribution in [2.75, 3.05) is 0 Å². The van der Waals surface area contributed by atoms with E-state index in [0.717, 1.165) is 26.8 Å². The lowest BCUT2D eigenvalue weighted by atomic mass is 10.1. The molecule has 1 N–H and O–H groups in total. The second-order valence-corrected chi connectivity index (χ2v) is 6.95. The zero-order valence-electron chi connectivity index (χ0n) is 14.4. The lowest BCUT2D eigenvalue weighted by Crippen LogP contribution is -2.11. The molecule has 132 valence electrons. The van der Waals surface area contributed by atoms with Gasteiger partial charge in [0.05, 0.1) is 16.5 Å². The van der Waals surface area contributed by atoms with Crippen molar-refractivity contribution in [3.63, 3.8) is 0 Å². The van der Waals surface area contributed by atoms with E-state index in [2.05, 4.69) is 32.0 Å². The molecule has 0 fully saturated rings. The van der Waals surface area contributed by atoms with Crippen LogP contribution in [0.3, 0.4) is 0 Å². The highest BCUT2D eigenvalue weighted by Gasteiger charge is 2.14. The van der Waals surface area contributed by atoms with Crippen LogP contribution >= 0.6 is 15.9 Å². The second kappa shape index (κ2) is 6.86. The minimum absolute atomic E-state index is 0.240. The third-order valence-electron chi connectivity index (χ3n) is 4.36. The number of furan rings is 1. The smallest absolute Gasteiger partial charge is 0.259 e. The van der Waals surface area contributed by atoms with Gasteiger partial charge in [-0.15, -0.1) is 0 Å². The molecule has 0 saturated carbocycles. The van der Waals surface area contributed by atoms with E-state index < -0.39 is 0 Å². The molecule has 4 aromatic rings. The van der Waals surface area contributed by atoms with Gasteiger partial charge in [-0.05, 0) is 30.3 Å². The molecule has 2 aromatic carbocycles. The number of nitriles is 1. The summed E-state index contributed by atoms with van der Waals surface area (Å²) in [6, 6.07) is 15.1. The number of aromatic amines is 1. The number of rotatable bonds is 3. The monoisotopic (exact) mass is 419 g/mol. The van der Waals surface area contributed by atoms with E-state index in [0.29, 0.717) is 17.3 Å². The van der Waals surface area contributed by atoms with Gasteiger partial charge in [0.25, 0.3) is 5.56 Å². The molecule has 0 bridgehead atoms. The van der Waals surface area contributed by atoms with Crippen LogP contribution in [0.15, 0.2) is 56.1 Å². The Bertz CT molecular complexity index is 1310. The number of hydrogen-bond donors (Lipinski definition) is 1. The Morgan fingerprint density at radius 3 is 2.89 bits per heavy atom. The van der Waals surface area contributed by atoms with Crippen molar-refractivity contribution < 1.29 is 4.42 Å². The van der Waals surface area contributed by atoms with Gasteiger partial charge in [-0.3, -0.25) is 4.79 Å². The molecule has 2 heterocycles. The quantitative estimate of drug-likeness (QED) is 0.470. The molecule has 2 aromatic heterocycles. The predicted molar refractivity (Wildman–Crippen MR) is 109 cm³/mol. The van der Waals surface area contributed by atoms with Crippen molar-refractivity contribution in [1.82, 2.24) is 9.97 Å². The van der Waals surface area contributed by atoms with Crippen molar-refractivity contribution in [2.45, 2.75) is 13.3 Å². The zero-order chi connectivity index (χ0) is 19.0. The maximum atomic E-state index is 12.4. The van der Waals surface area contributed by atoms with Crippen LogP contribution in [0.25, 0.3) is 33.5 Å². The topological polar surface area (TPSA) is 82.7 Å². The Morgan fingerprint density at radius 2 is 2.11 bits per heavy atom. The van der Waals surface area contributed by atoms with E-state index in [1.807, 2.05) is 37.3 Å². The molecule has 0 spiro atoms. The number of para-hydroxylation sites is 1. The average Bonchev–Trinajstić information content (AvgIpc) is 3.04. The van der Waals surface area contributed by atoms with Gasteiger partial charge < -0.3 is 9.40 Å². The number of allylic oxidation sites excluding steroid dienone is 1. The van der Waals surface area contributed by atoms with Crippen molar-refractivity contribution >= 4 is 49.5 Å². The van der Waals surface area contributed by atoms with Crippen LogP contribution in [0.5, 0.6) is 0 Å². The maximum Gasteiger partial charge on any atom is 0.259 e. The molecular formula is C21H14BrN3O2. The van der Waals surface area contributed by atoms with Gasteiger partial charge in [-0.2, -0.15) is 5.26 Å². The van der Waals surface area contributed by atoms with Crippen molar-refractivity contribution in [3.8, 4) is 6.07 Å². The van der Waals surface area contributed by atoms with Crippen molar-refractivity contribution in [2.24, 2.45) is 0 Å². The number of H-pyrrole nitrogens is 1. The van der Waals surface area contributed by atoms with Crippen LogP contribution in [-0.4, -0.2) is 9.97 Å². The molecule has 5 nitrogen and oxygen atoms in total. The van der Waals surface area contributed by atoms with E-state index in [4.69, 9.17) is 4.42 Å². The summed E-state index contributed by atoms with van der Waals surface area (Å²) in [5, 5.41) is 11.1. The highest BCUT2D eigenvalue weighted by molar-refractivity contribution is 9.10. The molecule has 0 unspecified atom stereocenters. The fourth-order valence-electron chi connectivity index (χ4n) is 3.07.